The minimum absolute atomic E-state index is 0. The van der Waals surface area contributed by atoms with Crippen LogP contribution in [0.15, 0.2) is 24.8 Å². The predicted octanol–water partition coefficient (Wildman–Crippen LogP) is 1.37. The summed E-state index contributed by atoms with van der Waals surface area (Å²) in [6, 6.07) is 0. The van der Waals surface area contributed by atoms with E-state index in [0.29, 0.717) is 0 Å². The summed E-state index contributed by atoms with van der Waals surface area (Å²) in [5.74, 6) is 0. The molecule has 6 heavy (non-hydrogen) atoms. The van der Waals surface area contributed by atoms with Crippen molar-refractivity contribution in [1.82, 2.24) is 0 Å². The molecule has 1 heteroatoms. The Hall–Kier alpha value is -0.455. The Morgan fingerprint density at radius 3 is 2.00 bits per heavy atom. The SMILES string of the molecule is C=C/C=C\C.[B]. The molecule has 0 aromatic heterocycles. The second kappa shape index (κ2) is 8.82. The zero-order chi connectivity index (χ0) is 4.12. The summed E-state index contributed by atoms with van der Waals surface area (Å²) in [6.07, 6.45) is 5.58. The van der Waals surface area contributed by atoms with Crippen LogP contribution in [-0.2, 0) is 0 Å². The van der Waals surface area contributed by atoms with Crippen LogP contribution in [0.3, 0.4) is 0 Å². The number of allylic oxidation sites excluding steroid dienone is 3. The largest absolute Gasteiger partial charge is 0.0991 e. The van der Waals surface area contributed by atoms with Crippen molar-refractivity contribution in [2.45, 2.75) is 6.92 Å². The van der Waals surface area contributed by atoms with Gasteiger partial charge in [-0.2, -0.15) is 0 Å². The molecule has 0 atom stereocenters. The molecular weight excluding hydrogens is 70.9 g/mol. The van der Waals surface area contributed by atoms with E-state index in [1.54, 1.807) is 6.08 Å². The maximum Gasteiger partial charge on any atom is 0 e. The van der Waals surface area contributed by atoms with E-state index in [1.165, 1.54) is 0 Å². The van der Waals surface area contributed by atoms with Gasteiger partial charge in [-0.1, -0.05) is 24.8 Å². The molecule has 0 amide bonds. The quantitative estimate of drug-likeness (QED) is 0.329. The highest BCUT2D eigenvalue weighted by molar-refractivity contribution is 5.75. The highest BCUT2D eigenvalue weighted by atomic mass is 13.5. The lowest BCUT2D eigenvalue weighted by atomic mass is 10.5. The lowest BCUT2D eigenvalue weighted by molar-refractivity contribution is 1.74. The van der Waals surface area contributed by atoms with Crippen molar-refractivity contribution >= 4 is 8.41 Å². The van der Waals surface area contributed by atoms with E-state index in [-0.39, 0.29) is 8.41 Å². The van der Waals surface area contributed by atoms with Crippen molar-refractivity contribution < 1.29 is 0 Å². The summed E-state index contributed by atoms with van der Waals surface area (Å²) in [5.41, 5.74) is 0. The maximum atomic E-state index is 3.46. The fraction of sp³-hybridized carbons (Fsp3) is 0.200. The van der Waals surface area contributed by atoms with Crippen LogP contribution < -0.4 is 0 Å². The van der Waals surface area contributed by atoms with Crippen LogP contribution in [-0.4, -0.2) is 8.41 Å². The van der Waals surface area contributed by atoms with Crippen LogP contribution in [0.4, 0.5) is 0 Å². The van der Waals surface area contributed by atoms with E-state index in [4.69, 9.17) is 0 Å². The number of hydrogen-bond donors (Lipinski definition) is 0. The molecule has 0 aromatic carbocycles. The Kier molecular flexibility index (Phi) is 13.4. The van der Waals surface area contributed by atoms with Crippen LogP contribution in [0.1, 0.15) is 6.92 Å². The van der Waals surface area contributed by atoms with E-state index in [9.17, 15) is 0 Å². The molecule has 31 valence electrons. The van der Waals surface area contributed by atoms with Crippen molar-refractivity contribution in [1.29, 1.82) is 0 Å². The Morgan fingerprint density at radius 1 is 1.50 bits per heavy atom. The second-order valence-corrected chi connectivity index (χ2v) is 0.761. The van der Waals surface area contributed by atoms with Gasteiger partial charge in [0.2, 0.25) is 0 Å². The van der Waals surface area contributed by atoms with Crippen molar-refractivity contribution in [2.24, 2.45) is 0 Å². The summed E-state index contributed by atoms with van der Waals surface area (Å²) in [7, 11) is 0. The first-order valence-corrected chi connectivity index (χ1v) is 1.65. The summed E-state index contributed by atoms with van der Waals surface area (Å²) in [6.45, 7) is 5.42. The Morgan fingerprint density at radius 2 is 2.00 bits per heavy atom. The van der Waals surface area contributed by atoms with E-state index >= 15 is 0 Å². The van der Waals surface area contributed by atoms with Crippen LogP contribution in [0.25, 0.3) is 0 Å². The summed E-state index contributed by atoms with van der Waals surface area (Å²) < 4.78 is 0. The smallest absolute Gasteiger partial charge is 0 e. The minimum atomic E-state index is 0. The third-order valence-corrected chi connectivity index (χ3v) is 0.329. The first-order chi connectivity index (χ1) is 2.41. The van der Waals surface area contributed by atoms with Gasteiger partial charge in [0, 0.05) is 8.41 Å². The van der Waals surface area contributed by atoms with E-state index in [0.717, 1.165) is 0 Å². The van der Waals surface area contributed by atoms with Crippen LogP contribution in [0.2, 0.25) is 0 Å². The molecule has 0 N–H and O–H groups in total. The molecule has 0 spiro atoms. The Balaban J connectivity index is 0. The molecular formula is C5H8B. The third kappa shape index (κ3) is 9.62. The van der Waals surface area contributed by atoms with Gasteiger partial charge >= 0.3 is 0 Å². The van der Waals surface area contributed by atoms with Crippen molar-refractivity contribution in [3.05, 3.63) is 24.8 Å². The zero-order valence-corrected chi connectivity index (χ0v) is 4.02. The molecule has 0 saturated heterocycles. The van der Waals surface area contributed by atoms with E-state index in [1.807, 2.05) is 19.1 Å². The molecule has 0 heterocycles. The molecule has 0 fully saturated rings. The van der Waals surface area contributed by atoms with E-state index < -0.39 is 0 Å². The first kappa shape index (κ1) is 9.11. The molecule has 0 bridgehead atoms. The molecule has 0 aliphatic carbocycles. The van der Waals surface area contributed by atoms with Gasteiger partial charge in [-0.25, -0.2) is 0 Å². The van der Waals surface area contributed by atoms with Gasteiger partial charge in [0.25, 0.3) is 0 Å². The molecule has 0 aliphatic heterocycles. The summed E-state index contributed by atoms with van der Waals surface area (Å²) >= 11 is 0. The molecule has 0 saturated carbocycles. The lowest BCUT2D eigenvalue weighted by Gasteiger charge is -1.56. The van der Waals surface area contributed by atoms with Gasteiger partial charge in [-0.3, -0.25) is 0 Å². The molecule has 0 rings (SSSR count). The van der Waals surface area contributed by atoms with Gasteiger partial charge in [-0.15, -0.1) is 0 Å². The lowest BCUT2D eigenvalue weighted by Crippen LogP contribution is -1.33. The highest BCUT2D eigenvalue weighted by Crippen LogP contribution is 1.64. The predicted molar refractivity (Wildman–Crippen MR) is 30.8 cm³/mol. The van der Waals surface area contributed by atoms with Crippen LogP contribution >= 0.6 is 0 Å². The van der Waals surface area contributed by atoms with Crippen molar-refractivity contribution in [3.8, 4) is 0 Å². The molecule has 0 nitrogen and oxygen atoms in total. The number of hydrogen-bond acceptors (Lipinski definition) is 0. The fourth-order valence-corrected chi connectivity index (χ4v) is 0.136. The van der Waals surface area contributed by atoms with Gasteiger partial charge in [-0.05, 0) is 6.92 Å². The highest BCUT2D eigenvalue weighted by Gasteiger charge is 1.42. The second-order valence-electron chi connectivity index (χ2n) is 0.761. The van der Waals surface area contributed by atoms with Gasteiger partial charge < -0.3 is 0 Å². The maximum absolute atomic E-state index is 3.46. The first-order valence-electron chi connectivity index (χ1n) is 1.65. The average molecular weight is 78.9 g/mol. The Bertz CT molecular complexity index is 45.9. The topological polar surface area (TPSA) is 0 Å². The Labute approximate surface area is 41.1 Å². The van der Waals surface area contributed by atoms with Gasteiger partial charge in [0.05, 0.1) is 0 Å². The zero-order valence-electron chi connectivity index (χ0n) is 4.02. The van der Waals surface area contributed by atoms with Crippen LogP contribution in [0.5, 0.6) is 0 Å². The molecule has 0 aromatic rings. The monoisotopic (exact) mass is 79.1 g/mol. The van der Waals surface area contributed by atoms with E-state index in [2.05, 4.69) is 6.58 Å². The fourth-order valence-electron chi connectivity index (χ4n) is 0.136. The van der Waals surface area contributed by atoms with Crippen molar-refractivity contribution in [2.75, 3.05) is 0 Å². The van der Waals surface area contributed by atoms with Gasteiger partial charge in [0.1, 0.15) is 0 Å². The van der Waals surface area contributed by atoms with Crippen molar-refractivity contribution in [3.63, 3.8) is 0 Å². The van der Waals surface area contributed by atoms with Gasteiger partial charge in [0.15, 0.2) is 0 Å². The normalized spacial score (nSPS) is 7.50. The van der Waals surface area contributed by atoms with Crippen LogP contribution in [0, 0.1) is 0 Å². The summed E-state index contributed by atoms with van der Waals surface area (Å²) in [4.78, 5) is 0. The molecule has 0 aliphatic rings. The number of rotatable bonds is 1. The minimum Gasteiger partial charge on any atom is -0.0991 e. The standard InChI is InChI=1S/C5H8.B/c1-3-5-4-2;/h3-5H,1H2,2H3;/b5-4-;. The molecule has 0 unspecified atom stereocenters. The summed E-state index contributed by atoms with van der Waals surface area (Å²) in [5, 5.41) is 0. The third-order valence-electron chi connectivity index (χ3n) is 0.329. The molecule has 3 radical (unpaired) electrons. The average Bonchev–Trinajstić information content (AvgIpc) is 1.41.